The van der Waals surface area contributed by atoms with Crippen LogP contribution in [0.25, 0.3) is 0 Å². The Hall–Kier alpha value is -0.260. The molecule has 0 aliphatic rings. The molecular weight excluding hydrogens is 288 g/mol. The SMILES string of the molecule is C=C(CCCCCCCCCCC)CCCCCCCCCCC. The van der Waals surface area contributed by atoms with E-state index in [2.05, 4.69) is 20.4 Å². The first kappa shape index (κ1) is 23.7. The molecule has 0 aliphatic heterocycles. The molecule has 0 radical (unpaired) electrons. The van der Waals surface area contributed by atoms with Crippen LogP contribution in [0.4, 0.5) is 0 Å². The van der Waals surface area contributed by atoms with Gasteiger partial charge in [0.2, 0.25) is 0 Å². The molecule has 144 valence electrons. The normalized spacial score (nSPS) is 11.1. The number of hydrogen-bond donors (Lipinski definition) is 0. The standard InChI is InChI=1S/C24H48/c1-4-6-8-10-12-14-16-18-20-22-24(3)23-21-19-17-15-13-11-9-7-5-2/h3-23H2,1-2H3. The van der Waals surface area contributed by atoms with Gasteiger partial charge in [-0.2, -0.15) is 0 Å². The van der Waals surface area contributed by atoms with Crippen molar-refractivity contribution in [2.24, 2.45) is 0 Å². The topological polar surface area (TPSA) is 0 Å². The van der Waals surface area contributed by atoms with Gasteiger partial charge in [0.25, 0.3) is 0 Å². The number of rotatable bonds is 20. The first-order valence-corrected chi connectivity index (χ1v) is 11.5. The molecule has 0 N–H and O–H groups in total. The number of hydrogen-bond acceptors (Lipinski definition) is 0. The summed E-state index contributed by atoms with van der Waals surface area (Å²) in [5.74, 6) is 0. The predicted molar refractivity (Wildman–Crippen MR) is 113 cm³/mol. The van der Waals surface area contributed by atoms with Crippen molar-refractivity contribution >= 4 is 0 Å². The van der Waals surface area contributed by atoms with Crippen LogP contribution >= 0.6 is 0 Å². The summed E-state index contributed by atoms with van der Waals surface area (Å²) in [6.07, 6.45) is 28.3. The molecule has 0 bridgehead atoms. The van der Waals surface area contributed by atoms with Crippen LogP contribution in [0, 0.1) is 0 Å². The molecule has 0 aromatic carbocycles. The van der Waals surface area contributed by atoms with E-state index in [1.54, 1.807) is 0 Å². The third-order valence-corrected chi connectivity index (χ3v) is 5.27. The summed E-state index contributed by atoms with van der Waals surface area (Å²) in [4.78, 5) is 0. The molecule has 0 aromatic rings. The molecule has 0 aliphatic carbocycles. The first-order valence-electron chi connectivity index (χ1n) is 11.5. The third-order valence-electron chi connectivity index (χ3n) is 5.27. The Morgan fingerprint density at radius 2 is 0.667 bits per heavy atom. The average Bonchev–Trinajstić information content (AvgIpc) is 2.59. The number of unbranched alkanes of at least 4 members (excludes halogenated alkanes) is 16. The summed E-state index contributed by atoms with van der Waals surface area (Å²) in [5.41, 5.74) is 1.51. The maximum atomic E-state index is 4.29. The largest absolute Gasteiger partial charge is 0.0999 e. The van der Waals surface area contributed by atoms with Crippen molar-refractivity contribution in [1.82, 2.24) is 0 Å². The van der Waals surface area contributed by atoms with Crippen LogP contribution in [0.15, 0.2) is 12.2 Å². The zero-order valence-electron chi connectivity index (χ0n) is 17.3. The molecular formula is C24H48. The van der Waals surface area contributed by atoms with E-state index in [1.165, 1.54) is 134 Å². The second kappa shape index (κ2) is 20.8. The van der Waals surface area contributed by atoms with E-state index in [0.29, 0.717) is 0 Å². The van der Waals surface area contributed by atoms with Gasteiger partial charge in [-0.1, -0.05) is 129 Å². The summed E-state index contributed by atoms with van der Waals surface area (Å²) in [5, 5.41) is 0. The van der Waals surface area contributed by atoms with Crippen LogP contribution in [-0.4, -0.2) is 0 Å². The van der Waals surface area contributed by atoms with E-state index in [4.69, 9.17) is 0 Å². The van der Waals surface area contributed by atoms with Gasteiger partial charge >= 0.3 is 0 Å². The van der Waals surface area contributed by atoms with Crippen LogP contribution in [0.3, 0.4) is 0 Å². The summed E-state index contributed by atoms with van der Waals surface area (Å²) >= 11 is 0. The fourth-order valence-corrected chi connectivity index (χ4v) is 3.50. The zero-order valence-corrected chi connectivity index (χ0v) is 17.3. The highest BCUT2D eigenvalue weighted by Gasteiger charge is 1.97. The van der Waals surface area contributed by atoms with Crippen molar-refractivity contribution in [3.05, 3.63) is 12.2 Å². The molecule has 0 unspecified atom stereocenters. The first-order chi connectivity index (χ1) is 11.8. The highest BCUT2D eigenvalue weighted by molar-refractivity contribution is 4.93. The van der Waals surface area contributed by atoms with Gasteiger partial charge in [-0.15, -0.1) is 0 Å². The van der Waals surface area contributed by atoms with Gasteiger partial charge in [-0.05, 0) is 25.7 Å². The highest BCUT2D eigenvalue weighted by atomic mass is 14.0. The Morgan fingerprint density at radius 1 is 0.417 bits per heavy atom. The minimum Gasteiger partial charge on any atom is -0.0999 e. The molecule has 0 rings (SSSR count). The quantitative estimate of drug-likeness (QED) is 0.153. The Bertz CT molecular complexity index is 216. The molecule has 0 aromatic heterocycles. The van der Waals surface area contributed by atoms with Crippen LogP contribution in [-0.2, 0) is 0 Å². The van der Waals surface area contributed by atoms with Crippen LogP contribution < -0.4 is 0 Å². The van der Waals surface area contributed by atoms with Crippen LogP contribution in [0.1, 0.15) is 142 Å². The van der Waals surface area contributed by atoms with Gasteiger partial charge in [-0.3, -0.25) is 0 Å². The third kappa shape index (κ3) is 19.8. The molecule has 0 saturated carbocycles. The van der Waals surface area contributed by atoms with Crippen molar-refractivity contribution in [1.29, 1.82) is 0 Å². The van der Waals surface area contributed by atoms with Gasteiger partial charge in [0.15, 0.2) is 0 Å². The van der Waals surface area contributed by atoms with E-state index < -0.39 is 0 Å². The van der Waals surface area contributed by atoms with Gasteiger partial charge in [0.05, 0.1) is 0 Å². The average molecular weight is 337 g/mol. The minimum absolute atomic E-state index is 1.28. The van der Waals surface area contributed by atoms with Crippen molar-refractivity contribution in [2.45, 2.75) is 142 Å². The van der Waals surface area contributed by atoms with Gasteiger partial charge in [0.1, 0.15) is 0 Å². The smallest absolute Gasteiger partial charge is 0.0323 e. The fourth-order valence-electron chi connectivity index (χ4n) is 3.50. The van der Waals surface area contributed by atoms with Crippen molar-refractivity contribution in [3.63, 3.8) is 0 Å². The lowest BCUT2D eigenvalue weighted by Gasteiger charge is -2.06. The lowest BCUT2D eigenvalue weighted by atomic mass is 10.0. The monoisotopic (exact) mass is 336 g/mol. The van der Waals surface area contributed by atoms with Gasteiger partial charge in [0, 0.05) is 0 Å². The molecule has 0 spiro atoms. The lowest BCUT2D eigenvalue weighted by Crippen LogP contribution is -1.86. The van der Waals surface area contributed by atoms with Gasteiger partial charge in [-0.25, -0.2) is 0 Å². The molecule has 0 nitrogen and oxygen atoms in total. The molecule has 24 heavy (non-hydrogen) atoms. The summed E-state index contributed by atoms with van der Waals surface area (Å²) in [6, 6.07) is 0. The second-order valence-electron chi connectivity index (χ2n) is 7.91. The van der Waals surface area contributed by atoms with E-state index in [1.807, 2.05) is 0 Å². The van der Waals surface area contributed by atoms with Crippen molar-refractivity contribution in [3.8, 4) is 0 Å². The van der Waals surface area contributed by atoms with Crippen molar-refractivity contribution < 1.29 is 0 Å². The van der Waals surface area contributed by atoms with E-state index in [-0.39, 0.29) is 0 Å². The van der Waals surface area contributed by atoms with Crippen LogP contribution in [0.5, 0.6) is 0 Å². The molecule has 0 atom stereocenters. The highest BCUT2D eigenvalue weighted by Crippen LogP contribution is 2.17. The summed E-state index contributed by atoms with van der Waals surface area (Å²) < 4.78 is 0. The molecule has 0 heterocycles. The van der Waals surface area contributed by atoms with Crippen LogP contribution in [0.2, 0.25) is 0 Å². The Balaban J connectivity index is 3.13. The Kier molecular flexibility index (Phi) is 20.6. The van der Waals surface area contributed by atoms with E-state index in [9.17, 15) is 0 Å². The molecule has 0 fully saturated rings. The Morgan fingerprint density at radius 3 is 0.958 bits per heavy atom. The summed E-state index contributed by atoms with van der Waals surface area (Å²) in [6.45, 7) is 8.88. The van der Waals surface area contributed by atoms with E-state index in [0.717, 1.165) is 0 Å². The molecule has 0 saturated heterocycles. The minimum atomic E-state index is 1.28. The lowest BCUT2D eigenvalue weighted by molar-refractivity contribution is 0.553. The van der Waals surface area contributed by atoms with Crippen molar-refractivity contribution in [2.75, 3.05) is 0 Å². The molecule has 0 heteroatoms. The maximum absolute atomic E-state index is 4.29. The second-order valence-corrected chi connectivity index (χ2v) is 7.91. The van der Waals surface area contributed by atoms with Gasteiger partial charge < -0.3 is 0 Å². The fraction of sp³-hybridized carbons (Fsp3) is 0.917. The Labute approximate surface area is 154 Å². The number of allylic oxidation sites excluding steroid dienone is 1. The van der Waals surface area contributed by atoms with E-state index >= 15 is 0 Å². The predicted octanol–water partition coefficient (Wildman–Crippen LogP) is 9.38. The summed E-state index contributed by atoms with van der Waals surface area (Å²) in [7, 11) is 0. The molecule has 0 amide bonds. The zero-order chi connectivity index (χ0) is 17.7. The maximum Gasteiger partial charge on any atom is -0.0323 e.